The second kappa shape index (κ2) is 6.32. The number of benzene rings is 3. The van der Waals surface area contributed by atoms with Gasteiger partial charge in [0.2, 0.25) is 6.79 Å². The van der Waals surface area contributed by atoms with E-state index in [1.807, 2.05) is 72.8 Å². The first kappa shape index (κ1) is 15.7. The van der Waals surface area contributed by atoms with Gasteiger partial charge >= 0.3 is 0 Å². The normalized spacial score (nSPS) is 12.3. The highest BCUT2D eigenvalue weighted by molar-refractivity contribution is 5.91. The molecule has 27 heavy (non-hydrogen) atoms. The van der Waals surface area contributed by atoms with Crippen LogP contribution in [-0.4, -0.2) is 11.8 Å². The molecule has 0 saturated heterocycles. The summed E-state index contributed by atoms with van der Waals surface area (Å²) in [5, 5.41) is 0.991. The second-order valence-corrected chi connectivity index (χ2v) is 6.42. The molecule has 4 aromatic rings. The van der Waals surface area contributed by atoms with Crippen molar-refractivity contribution in [2.45, 2.75) is 6.92 Å². The number of ether oxygens (including phenoxy) is 3. The van der Waals surface area contributed by atoms with Crippen LogP contribution in [0.4, 0.5) is 0 Å². The molecule has 0 saturated carbocycles. The van der Waals surface area contributed by atoms with Gasteiger partial charge in [-0.05, 0) is 25.1 Å². The van der Waals surface area contributed by atoms with Gasteiger partial charge in [-0.3, -0.25) is 0 Å². The molecule has 0 unspecified atom stereocenters. The zero-order valence-corrected chi connectivity index (χ0v) is 14.8. The van der Waals surface area contributed by atoms with E-state index in [2.05, 4.69) is 6.92 Å². The lowest BCUT2D eigenvalue weighted by molar-refractivity contribution is 0.174. The zero-order valence-electron chi connectivity index (χ0n) is 14.8. The number of aromatic nitrogens is 1. The van der Waals surface area contributed by atoms with Crippen LogP contribution in [0.2, 0.25) is 0 Å². The van der Waals surface area contributed by atoms with Crippen molar-refractivity contribution in [1.29, 1.82) is 0 Å². The number of fused-ring (bicyclic) bond motifs is 2. The molecule has 4 heteroatoms. The molecule has 0 bridgehead atoms. The van der Waals surface area contributed by atoms with Crippen molar-refractivity contribution in [3.8, 4) is 34.3 Å². The molecule has 0 radical (unpaired) electrons. The fourth-order valence-corrected chi connectivity index (χ4v) is 3.32. The van der Waals surface area contributed by atoms with Crippen LogP contribution >= 0.6 is 0 Å². The Balaban J connectivity index is 1.76. The lowest BCUT2D eigenvalue weighted by Crippen LogP contribution is -1.97. The highest BCUT2D eigenvalue weighted by atomic mass is 16.7. The van der Waals surface area contributed by atoms with Gasteiger partial charge in [0, 0.05) is 22.6 Å². The Hall–Kier alpha value is -3.53. The van der Waals surface area contributed by atoms with Crippen LogP contribution in [0.5, 0.6) is 23.0 Å². The third kappa shape index (κ3) is 2.75. The topological polar surface area (TPSA) is 40.6 Å². The average Bonchev–Trinajstić information content (AvgIpc) is 3.17. The monoisotopic (exact) mass is 355 g/mol. The SMILES string of the molecule is Cc1c(Oc2ccccc2)c(-c2ccccc2)nc2cc3c(cc12)OCO3. The largest absolute Gasteiger partial charge is 0.455 e. The predicted octanol–water partition coefficient (Wildman–Crippen LogP) is 5.73. The molecule has 0 amide bonds. The highest BCUT2D eigenvalue weighted by Crippen LogP contribution is 2.42. The molecule has 0 fully saturated rings. The molecule has 1 aliphatic heterocycles. The van der Waals surface area contributed by atoms with Gasteiger partial charge in [-0.1, -0.05) is 48.5 Å². The Morgan fingerprint density at radius 1 is 0.852 bits per heavy atom. The molecule has 1 aromatic heterocycles. The maximum absolute atomic E-state index is 6.29. The van der Waals surface area contributed by atoms with Crippen molar-refractivity contribution >= 4 is 10.9 Å². The van der Waals surface area contributed by atoms with E-state index in [1.54, 1.807) is 0 Å². The van der Waals surface area contributed by atoms with E-state index in [1.165, 1.54) is 0 Å². The molecule has 5 rings (SSSR count). The Morgan fingerprint density at radius 2 is 1.52 bits per heavy atom. The van der Waals surface area contributed by atoms with E-state index in [0.717, 1.165) is 50.7 Å². The summed E-state index contributed by atoms with van der Waals surface area (Å²) in [6.07, 6.45) is 0. The molecule has 0 atom stereocenters. The number of para-hydroxylation sites is 1. The van der Waals surface area contributed by atoms with Crippen molar-refractivity contribution in [3.05, 3.63) is 78.4 Å². The van der Waals surface area contributed by atoms with Gasteiger partial charge in [0.1, 0.15) is 11.4 Å². The zero-order chi connectivity index (χ0) is 18.2. The van der Waals surface area contributed by atoms with Crippen LogP contribution in [0, 0.1) is 6.92 Å². The number of nitrogens with zero attached hydrogens (tertiary/aromatic N) is 1. The van der Waals surface area contributed by atoms with Gasteiger partial charge in [0.05, 0.1) is 5.52 Å². The minimum atomic E-state index is 0.240. The molecule has 0 spiro atoms. The number of hydrogen-bond acceptors (Lipinski definition) is 4. The molecule has 132 valence electrons. The first-order chi connectivity index (χ1) is 13.3. The van der Waals surface area contributed by atoms with Crippen molar-refractivity contribution in [1.82, 2.24) is 4.98 Å². The molecule has 2 heterocycles. The minimum Gasteiger partial charge on any atom is -0.455 e. The molecule has 4 nitrogen and oxygen atoms in total. The van der Waals surface area contributed by atoms with Gasteiger partial charge < -0.3 is 14.2 Å². The summed E-state index contributed by atoms with van der Waals surface area (Å²) in [6, 6.07) is 23.8. The fraction of sp³-hybridized carbons (Fsp3) is 0.0870. The van der Waals surface area contributed by atoms with E-state index in [4.69, 9.17) is 19.2 Å². The average molecular weight is 355 g/mol. The molecular weight excluding hydrogens is 338 g/mol. The molecule has 1 aliphatic rings. The Kier molecular flexibility index (Phi) is 3.68. The summed E-state index contributed by atoms with van der Waals surface area (Å²) in [5.41, 5.74) is 3.69. The van der Waals surface area contributed by atoms with E-state index in [0.29, 0.717) is 0 Å². The molecular formula is C23H17NO3. The van der Waals surface area contributed by atoms with Gasteiger partial charge in [0.25, 0.3) is 0 Å². The number of pyridine rings is 1. The quantitative estimate of drug-likeness (QED) is 0.470. The van der Waals surface area contributed by atoms with Gasteiger partial charge in [0.15, 0.2) is 17.2 Å². The third-order valence-electron chi connectivity index (χ3n) is 4.69. The second-order valence-electron chi connectivity index (χ2n) is 6.42. The predicted molar refractivity (Wildman–Crippen MR) is 105 cm³/mol. The molecule has 0 aliphatic carbocycles. The summed E-state index contributed by atoms with van der Waals surface area (Å²) in [6.45, 7) is 2.29. The Morgan fingerprint density at radius 3 is 2.26 bits per heavy atom. The van der Waals surface area contributed by atoms with Crippen molar-refractivity contribution in [2.24, 2.45) is 0 Å². The maximum Gasteiger partial charge on any atom is 0.231 e. The van der Waals surface area contributed by atoms with E-state index >= 15 is 0 Å². The summed E-state index contributed by atoms with van der Waals surface area (Å²) in [5.74, 6) is 2.99. The van der Waals surface area contributed by atoms with Crippen LogP contribution in [-0.2, 0) is 0 Å². The van der Waals surface area contributed by atoms with Gasteiger partial charge in [-0.25, -0.2) is 4.98 Å². The lowest BCUT2D eigenvalue weighted by atomic mass is 10.0. The number of aryl methyl sites for hydroxylation is 1. The Bertz CT molecular complexity index is 1120. The van der Waals surface area contributed by atoms with Crippen LogP contribution in [0.3, 0.4) is 0 Å². The standard InChI is InChI=1S/C23H17NO3/c1-15-18-12-20-21(26-14-25-20)13-19(18)24-22(16-8-4-2-5-9-16)23(15)27-17-10-6-3-7-11-17/h2-13H,14H2,1H3. The molecule has 0 N–H and O–H groups in total. The van der Waals surface area contributed by atoms with E-state index in [-0.39, 0.29) is 6.79 Å². The molecule has 3 aromatic carbocycles. The van der Waals surface area contributed by atoms with Gasteiger partial charge in [-0.15, -0.1) is 0 Å². The summed E-state index contributed by atoms with van der Waals surface area (Å²) in [4.78, 5) is 4.92. The van der Waals surface area contributed by atoms with Crippen LogP contribution in [0.1, 0.15) is 5.56 Å². The van der Waals surface area contributed by atoms with E-state index < -0.39 is 0 Å². The first-order valence-corrected chi connectivity index (χ1v) is 8.82. The van der Waals surface area contributed by atoms with Crippen molar-refractivity contribution in [2.75, 3.05) is 6.79 Å². The summed E-state index contributed by atoms with van der Waals surface area (Å²) in [7, 11) is 0. The van der Waals surface area contributed by atoms with Crippen molar-refractivity contribution < 1.29 is 14.2 Å². The smallest absolute Gasteiger partial charge is 0.231 e. The van der Waals surface area contributed by atoms with Crippen LogP contribution in [0.15, 0.2) is 72.8 Å². The lowest BCUT2D eigenvalue weighted by Gasteiger charge is -2.16. The summed E-state index contributed by atoms with van der Waals surface area (Å²) < 4.78 is 17.4. The maximum atomic E-state index is 6.29. The highest BCUT2D eigenvalue weighted by Gasteiger charge is 2.20. The fourth-order valence-electron chi connectivity index (χ4n) is 3.32. The van der Waals surface area contributed by atoms with Crippen LogP contribution in [0.25, 0.3) is 22.2 Å². The minimum absolute atomic E-state index is 0.240. The number of rotatable bonds is 3. The summed E-state index contributed by atoms with van der Waals surface area (Å²) >= 11 is 0. The van der Waals surface area contributed by atoms with Crippen molar-refractivity contribution in [3.63, 3.8) is 0 Å². The first-order valence-electron chi connectivity index (χ1n) is 8.82. The van der Waals surface area contributed by atoms with E-state index in [9.17, 15) is 0 Å². The third-order valence-corrected chi connectivity index (χ3v) is 4.69. The Labute approximate surface area is 157 Å². The van der Waals surface area contributed by atoms with Gasteiger partial charge in [-0.2, -0.15) is 0 Å². The van der Waals surface area contributed by atoms with Crippen LogP contribution < -0.4 is 14.2 Å². The number of hydrogen-bond donors (Lipinski definition) is 0.